The molecule has 34 heavy (non-hydrogen) atoms. The van der Waals surface area contributed by atoms with Gasteiger partial charge in [-0.2, -0.15) is 4.57 Å². The maximum Gasteiger partial charge on any atom is 0.219 e. The van der Waals surface area contributed by atoms with Gasteiger partial charge in [0.1, 0.15) is 0 Å². The lowest BCUT2D eigenvalue weighted by molar-refractivity contribution is -0.573. The third-order valence-corrected chi connectivity index (χ3v) is 6.52. The summed E-state index contributed by atoms with van der Waals surface area (Å²) in [5.74, 6) is 0.0612. The molecule has 1 aliphatic heterocycles. The van der Waals surface area contributed by atoms with Crippen LogP contribution in [0.5, 0.6) is 0 Å². The van der Waals surface area contributed by atoms with Gasteiger partial charge in [0.25, 0.3) is 0 Å². The first-order valence-corrected chi connectivity index (χ1v) is 11.3. The summed E-state index contributed by atoms with van der Waals surface area (Å²) in [5, 5.41) is 0. The molecule has 0 fully saturated rings. The molecule has 1 atom stereocenters. The van der Waals surface area contributed by atoms with E-state index in [4.69, 9.17) is 0 Å². The predicted octanol–water partition coefficient (Wildman–Crippen LogP) is 3.41. The number of hydrogen-bond acceptors (Lipinski definition) is 0. The minimum absolute atomic E-state index is 0. The highest BCUT2D eigenvalue weighted by atomic mass is 127. The monoisotopic (exact) mass is 551 g/mol. The smallest absolute Gasteiger partial charge is 0.219 e. The van der Waals surface area contributed by atoms with Gasteiger partial charge in [-0.25, -0.2) is 4.98 Å². The van der Waals surface area contributed by atoms with Crippen molar-refractivity contribution in [1.29, 1.82) is 0 Å². The van der Waals surface area contributed by atoms with Gasteiger partial charge in [0, 0.05) is 24.3 Å². The average molecular weight is 551 g/mol. The third-order valence-electron chi connectivity index (χ3n) is 6.52. The van der Waals surface area contributed by atoms with E-state index >= 15 is 0 Å². The molecule has 3 aromatic carbocycles. The molecule has 0 aliphatic carbocycles. The van der Waals surface area contributed by atoms with E-state index in [1.165, 1.54) is 39.1 Å². The maximum atomic E-state index is 4.60. The second-order valence-electron chi connectivity index (χ2n) is 8.41. The van der Waals surface area contributed by atoms with Crippen molar-refractivity contribution >= 4 is 5.70 Å². The van der Waals surface area contributed by atoms with E-state index < -0.39 is 0 Å². The Labute approximate surface area is 217 Å². The molecule has 0 radical (unpaired) electrons. The number of benzene rings is 3. The summed E-state index contributed by atoms with van der Waals surface area (Å²) >= 11 is 0. The standard InChI is InChI=1S/C31H23N2.HI/c1-22-31(27-15-7-5-13-25(27)29-17-9-10-19-32-29)28-16-8-6-14-26(28)30-21-24(18-20-33(22)30)23-11-3-2-4-12-23;/h2-21,31H,1H2;1H/q+1;. The zero-order valence-corrected chi connectivity index (χ0v) is 20.8. The first-order valence-electron chi connectivity index (χ1n) is 11.3. The highest BCUT2D eigenvalue weighted by molar-refractivity contribution is 5.78. The second-order valence-corrected chi connectivity index (χ2v) is 8.41. The molecule has 1 N–H and O–H groups in total. The van der Waals surface area contributed by atoms with Crippen LogP contribution in [0.25, 0.3) is 39.3 Å². The van der Waals surface area contributed by atoms with Crippen molar-refractivity contribution in [2.45, 2.75) is 5.92 Å². The summed E-state index contributed by atoms with van der Waals surface area (Å²) in [6, 6.07) is 38.6. The van der Waals surface area contributed by atoms with E-state index in [2.05, 4.69) is 125 Å². The molecule has 1 aliphatic rings. The molecule has 2 nitrogen and oxygen atoms in total. The fourth-order valence-electron chi connectivity index (χ4n) is 4.97. The number of pyridine rings is 2. The Morgan fingerprint density at radius 2 is 1.29 bits per heavy atom. The number of allylic oxidation sites excluding steroid dienone is 1. The first kappa shape index (κ1) is 22.2. The molecule has 3 heteroatoms. The van der Waals surface area contributed by atoms with E-state index in [1.54, 1.807) is 0 Å². The van der Waals surface area contributed by atoms with Gasteiger partial charge in [-0.15, -0.1) is 0 Å². The topological polar surface area (TPSA) is 18.0 Å². The molecule has 0 spiro atoms. The Kier molecular flexibility index (Phi) is 6.12. The lowest BCUT2D eigenvalue weighted by Crippen LogP contribution is -3.00. The van der Waals surface area contributed by atoms with E-state index in [9.17, 15) is 0 Å². The first-order chi connectivity index (χ1) is 16.3. The zero-order valence-electron chi connectivity index (χ0n) is 18.7. The molecule has 0 saturated heterocycles. The molecule has 1 unspecified atom stereocenters. The quantitative estimate of drug-likeness (QED) is 0.242. The molecule has 164 valence electrons. The lowest BCUT2D eigenvalue weighted by atomic mass is 9.79. The summed E-state index contributed by atoms with van der Waals surface area (Å²) in [6.07, 6.45) is 4.14. The van der Waals surface area contributed by atoms with Crippen LogP contribution in [0.3, 0.4) is 0 Å². The molecule has 2 aromatic heterocycles. The molecular formula is C31H24IN2+. The highest BCUT2D eigenvalue weighted by Crippen LogP contribution is 2.44. The van der Waals surface area contributed by atoms with Gasteiger partial charge in [0.2, 0.25) is 11.4 Å². The lowest BCUT2D eigenvalue weighted by Gasteiger charge is -2.26. The van der Waals surface area contributed by atoms with Crippen LogP contribution in [0.4, 0.5) is 0 Å². The van der Waals surface area contributed by atoms with Gasteiger partial charge in [0.05, 0.1) is 17.0 Å². The van der Waals surface area contributed by atoms with E-state index in [-0.39, 0.29) is 29.9 Å². The number of nitrogens with one attached hydrogen (secondary N) is 1. The van der Waals surface area contributed by atoms with Crippen molar-refractivity contribution in [1.82, 2.24) is 0 Å². The summed E-state index contributed by atoms with van der Waals surface area (Å²) < 4.78 is 2.25. The van der Waals surface area contributed by atoms with Gasteiger partial charge in [-0.1, -0.05) is 66.7 Å². The summed E-state index contributed by atoms with van der Waals surface area (Å²) in [6.45, 7) is 4.60. The molecule has 5 aromatic rings. The third kappa shape index (κ3) is 3.76. The molecule has 6 rings (SSSR count). The van der Waals surface area contributed by atoms with Crippen LogP contribution in [-0.2, 0) is 0 Å². The fourth-order valence-corrected chi connectivity index (χ4v) is 4.97. The molecule has 3 heterocycles. The average Bonchev–Trinajstić information content (AvgIpc) is 2.90. The number of nitrogens with zero attached hydrogens (tertiary/aromatic N) is 1. The van der Waals surface area contributed by atoms with Crippen molar-refractivity contribution in [3.05, 3.63) is 139 Å². The minimum Gasteiger partial charge on any atom is -1.00 e. The second kappa shape index (κ2) is 9.35. The fraction of sp³-hybridized carbons (Fsp3) is 0.0323. The van der Waals surface area contributed by atoms with Crippen LogP contribution in [0.2, 0.25) is 0 Å². The summed E-state index contributed by atoms with van der Waals surface area (Å²) in [7, 11) is 0. The van der Waals surface area contributed by atoms with Gasteiger partial charge in [-0.3, -0.25) is 0 Å². The number of rotatable bonds is 3. The molecule has 0 bridgehead atoms. The minimum atomic E-state index is 0. The van der Waals surface area contributed by atoms with E-state index in [1.807, 2.05) is 12.3 Å². The largest absolute Gasteiger partial charge is 1.00 e. The number of fused-ring (bicyclic) bond motifs is 3. The Morgan fingerprint density at radius 3 is 2.03 bits per heavy atom. The molecule has 0 amide bonds. The Morgan fingerprint density at radius 1 is 0.647 bits per heavy atom. The number of H-pyrrole nitrogens is 1. The Balaban J connectivity index is 0.00000241. The van der Waals surface area contributed by atoms with Crippen molar-refractivity contribution in [2.24, 2.45) is 0 Å². The molecular weight excluding hydrogens is 527 g/mol. The van der Waals surface area contributed by atoms with E-state index in [0.717, 1.165) is 11.4 Å². The van der Waals surface area contributed by atoms with Gasteiger partial charge < -0.3 is 24.0 Å². The summed E-state index contributed by atoms with van der Waals surface area (Å²) in [5.41, 5.74) is 10.8. The van der Waals surface area contributed by atoms with Crippen LogP contribution in [0.1, 0.15) is 17.0 Å². The van der Waals surface area contributed by atoms with Gasteiger partial charge in [0.15, 0.2) is 18.1 Å². The number of aromatic amines is 1. The zero-order chi connectivity index (χ0) is 22.2. The van der Waals surface area contributed by atoms with Crippen molar-refractivity contribution in [3.63, 3.8) is 0 Å². The van der Waals surface area contributed by atoms with Gasteiger partial charge in [-0.05, 0) is 47.0 Å². The van der Waals surface area contributed by atoms with Crippen LogP contribution >= 0.6 is 0 Å². The predicted molar refractivity (Wildman–Crippen MR) is 133 cm³/mol. The number of hydrogen-bond donors (Lipinski definition) is 0. The van der Waals surface area contributed by atoms with Crippen LogP contribution in [0, 0.1) is 0 Å². The molecule has 0 saturated carbocycles. The van der Waals surface area contributed by atoms with Crippen LogP contribution in [0.15, 0.2) is 128 Å². The maximum absolute atomic E-state index is 4.60. The van der Waals surface area contributed by atoms with E-state index in [0.29, 0.717) is 0 Å². The number of aromatic nitrogens is 2. The van der Waals surface area contributed by atoms with Crippen molar-refractivity contribution in [2.75, 3.05) is 0 Å². The highest BCUT2D eigenvalue weighted by Gasteiger charge is 2.37. The van der Waals surface area contributed by atoms with Gasteiger partial charge >= 0.3 is 0 Å². The normalized spacial score (nSPS) is 14.0. The van der Waals surface area contributed by atoms with Crippen LogP contribution in [-0.4, -0.2) is 0 Å². The SMILES string of the molecule is C=C1C(c2ccccc2-c2cccc[nH+]2)c2ccccc2-c2cc(-c3ccccc3)cc[n+]21.[I-]. The van der Waals surface area contributed by atoms with Crippen LogP contribution < -0.4 is 33.5 Å². The van der Waals surface area contributed by atoms with Crippen molar-refractivity contribution < 1.29 is 33.5 Å². The Hall–Kier alpha value is -3.57. The summed E-state index contributed by atoms with van der Waals surface area (Å²) in [4.78, 5) is 3.41. The van der Waals surface area contributed by atoms with Crippen molar-refractivity contribution in [3.8, 4) is 33.6 Å². The number of halogens is 1. The Bertz CT molecular complexity index is 1480.